The molecule has 0 saturated carbocycles. The summed E-state index contributed by atoms with van der Waals surface area (Å²) in [5, 5.41) is 10.8. The molecule has 1 rings (SSSR count). The normalized spacial score (nSPS) is 9.76. The first kappa shape index (κ1) is 12.8. The Balaban J connectivity index is 3.47. The van der Waals surface area contributed by atoms with Crippen LogP contribution >= 0.6 is 0 Å². The van der Waals surface area contributed by atoms with Crippen LogP contribution in [-0.2, 0) is 0 Å². The molecule has 0 heterocycles. The van der Waals surface area contributed by atoms with E-state index in [0.717, 1.165) is 6.07 Å². The number of nitrogens with zero attached hydrogens (tertiary/aromatic N) is 1. The molecule has 0 N–H and O–H groups in total. The van der Waals surface area contributed by atoms with Crippen molar-refractivity contribution in [1.29, 1.82) is 0 Å². The maximum Gasteiger partial charge on any atom is 0.281 e. The molecule has 0 unspecified atom stereocenters. The molecule has 6 nitrogen and oxygen atoms in total. The molecule has 0 aromatic heterocycles. The minimum absolute atomic E-state index is 0.0588. The van der Waals surface area contributed by atoms with Crippen molar-refractivity contribution in [2.75, 3.05) is 6.61 Å². The Kier molecular flexibility index (Phi) is 3.92. The summed E-state index contributed by atoms with van der Waals surface area (Å²) in [5.74, 6) is -0.270. The fourth-order valence-electron chi connectivity index (χ4n) is 1.39. The first-order chi connectivity index (χ1) is 8.01. The van der Waals surface area contributed by atoms with Gasteiger partial charge in [-0.3, -0.25) is 19.7 Å². The molecule has 0 spiro atoms. The van der Waals surface area contributed by atoms with Gasteiger partial charge in [0.05, 0.1) is 22.7 Å². The van der Waals surface area contributed by atoms with Gasteiger partial charge in [0.25, 0.3) is 5.69 Å². The lowest BCUT2D eigenvalue weighted by atomic mass is 10.1. The third-order valence-electron chi connectivity index (χ3n) is 2.13. The average Bonchev–Trinajstić information content (AvgIpc) is 2.28. The summed E-state index contributed by atoms with van der Waals surface area (Å²) in [6.07, 6.45) is 0.460. The molecule has 0 fully saturated rings. The third-order valence-corrected chi connectivity index (χ3v) is 2.13. The number of aldehydes is 1. The zero-order valence-corrected chi connectivity index (χ0v) is 9.43. The number of nitro groups is 1. The Morgan fingerprint density at radius 3 is 2.59 bits per heavy atom. The summed E-state index contributed by atoms with van der Waals surface area (Å²) in [4.78, 5) is 32.1. The van der Waals surface area contributed by atoms with E-state index in [1.165, 1.54) is 13.0 Å². The molecule has 0 aliphatic carbocycles. The number of Topliss-reactive ketones (excluding diaryl/α,β-unsaturated/α-hetero) is 1. The van der Waals surface area contributed by atoms with Gasteiger partial charge in [-0.1, -0.05) is 0 Å². The van der Waals surface area contributed by atoms with Crippen LogP contribution in [0.3, 0.4) is 0 Å². The lowest BCUT2D eigenvalue weighted by Gasteiger charge is -2.08. The number of ether oxygens (including phenoxy) is 1. The van der Waals surface area contributed by atoms with Crippen molar-refractivity contribution >= 4 is 17.8 Å². The number of rotatable bonds is 5. The summed E-state index contributed by atoms with van der Waals surface area (Å²) in [7, 11) is 0. The predicted molar refractivity (Wildman–Crippen MR) is 59.7 cm³/mol. The fourth-order valence-corrected chi connectivity index (χ4v) is 1.39. The number of hydrogen-bond acceptors (Lipinski definition) is 5. The van der Waals surface area contributed by atoms with Crippen LogP contribution in [0.4, 0.5) is 5.69 Å². The van der Waals surface area contributed by atoms with Gasteiger partial charge in [-0.25, -0.2) is 0 Å². The zero-order valence-electron chi connectivity index (χ0n) is 9.43. The molecule has 0 radical (unpaired) electrons. The van der Waals surface area contributed by atoms with E-state index >= 15 is 0 Å². The number of carbonyl (C=O) groups is 2. The molecular weight excluding hydrogens is 226 g/mol. The maximum absolute atomic E-state index is 11.3. The van der Waals surface area contributed by atoms with Crippen molar-refractivity contribution in [3.05, 3.63) is 33.4 Å². The number of nitro benzene ring substituents is 1. The summed E-state index contributed by atoms with van der Waals surface area (Å²) >= 11 is 0. The minimum Gasteiger partial charge on any atom is -0.493 e. The molecule has 0 amide bonds. The average molecular weight is 237 g/mol. The molecule has 0 saturated heterocycles. The van der Waals surface area contributed by atoms with E-state index in [1.54, 1.807) is 6.92 Å². The molecule has 0 atom stereocenters. The van der Waals surface area contributed by atoms with Crippen LogP contribution in [0.1, 0.15) is 34.6 Å². The van der Waals surface area contributed by atoms with Gasteiger partial charge in [-0.05, 0) is 19.9 Å². The summed E-state index contributed by atoms with van der Waals surface area (Å²) in [6, 6.07) is 2.28. The van der Waals surface area contributed by atoms with Crippen molar-refractivity contribution in [3.8, 4) is 5.75 Å². The van der Waals surface area contributed by atoms with E-state index in [2.05, 4.69) is 0 Å². The van der Waals surface area contributed by atoms with Crippen LogP contribution in [0.2, 0.25) is 0 Å². The van der Waals surface area contributed by atoms with E-state index in [1.807, 2.05) is 0 Å². The Morgan fingerprint density at radius 2 is 2.18 bits per heavy atom. The van der Waals surface area contributed by atoms with Gasteiger partial charge in [-0.2, -0.15) is 0 Å². The van der Waals surface area contributed by atoms with Crippen LogP contribution in [0.15, 0.2) is 12.1 Å². The highest BCUT2D eigenvalue weighted by Gasteiger charge is 2.21. The van der Waals surface area contributed by atoms with Crippen molar-refractivity contribution < 1.29 is 19.2 Å². The van der Waals surface area contributed by atoms with E-state index < -0.39 is 10.7 Å². The Hall–Kier alpha value is -2.24. The number of ketones is 1. The van der Waals surface area contributed by atoms with Gasteiger partial charge in [0.15, 0.2) is 12.1 Å². The van der Waals surface area contributed by atoms with Crippen molar-refractivity contribution in [1.82, 2.24) is 0 Å². The van der Waals surface area contributed by atoms with Gasteiger partial charge in [0, 0.05) is 6.07 Å². The van der Waals surface area contributed by atoms with Crippen molar-refractivity contribution in [2.24, 2.45) is 0 Å². The first-order valence-electron chi connectivity index (χ1n) is 4.92. The lowest BCUT2D eigenvalue weighted by molar-refractivity contribution is -0.385. The number of hydrogen-bond donors (Lipinski definition) is 0. The Morgan fingerprint density at radius 1 is 1.53 bits per heavy atom. The molecule has 1 aromatic rings. The van der Waals surface area contributed by atoms with Gasteiger partial charge >= 0.3 is 0 Å². The zero-order chi connectivity index (χ0) is 13.0. The van der Waals surface area contributed by atoms with E-state index in [9.17, 15) is 19.7 Å². The second-order valence-corrected chi connectivity index (χ2v) is 3.27. The Labute approximate surface area is 97.3 Å². The van der Waals surface area contributed by atoms with Gasteiger partial charge in [0.1, 0.15) is 5.75 Å². The van der Waals surface area contributed by atoms with E-state index in [4.69, 9.17) is 4.74 Å². The highest BCUT2D eigenvalue weighted by molar-refractivity contribution is 6.00. The van der Waals surface area contributed by atoms with Crippen molar-refractivity contribution in [2.45, 2.75) is 13.8 Å². The Bertz CT molecular complexity index is 481. The topological polar surface area (TPSA) is 86.5 Å². The smallest absolute Gasteiger partial charge is 0.281 e. The predicted octanol–water partition coefficient (Wildman–Crippen LogP) is 2.01. The quantitative estimate of drug-likeness (QED) is 0.338. The second kappa shape index (κ2) is 5.20. The highest BCUT2D eigenvalue weighted by Crippen LogP contribution is 2.28. The lowest BCUT2D eigenvalue weighted by Crippen LogP contribution is -2.04. The molecule has 90 valence electrons. The molecular formula is C11H11NO5. The maximum atomic E-state index is 11.3. The van der Waals surface area contributed by atoms with Crippen LogP contribution in [-0.4, -0.2) is 23.6 Å². The number of benzene rings is 1. The standard InChI is InChI=1S/C11H11NO5/c1-3-17-11-5-9(7(2)14)10(12(15)16)4-8(11)6-13/h4-6H,3H2,1-2H3. The third kappa shape index (κ3) is 2.66. The minimum atomic E-state index is -0.695. The summed E-state index contributed by atoms with van der Waals surface area (Å²) < 4.78 is 5.15. The summed E-state index contributed by atoms with van der Waals surface area (Å²) in [6.45, 7) is 3.23. The highest BCUT2D eigenvalue weighted by atomic mass is 16.6. The largest absolute Gasteiger partial charge is 0.493 e. The van der Waals surface area contributed by atoms with Crippen LogP contribution in [0.25, 0.3) is 0 Å². The number of carbonyl (C=O) groups excluding carboxylic acids is 2. The molecule has 6 heteroatoms. The van der Waals surface area contributed by atoms with Gasteiger partial charge < -0.3 is 4.74 Å². The van der Waals surface area contributed by atoms with Gasteiger partial charge in [-0.15, -0.1) is 0 Å². The molecule has 17 heavy (non-hydrogen) atoms. The van der Waals surface area contributed by atoms with Crippen LogP contribution in [0, 0.1) is 10.1 Å². The monoisotopic (exact) mass is 237 g/mol. The van der Waals surface area contributed by atoms with E-state index in [-0.39, 0.29) is 22.6 Å². The molecule has 0 aliphatic heterocycles. The van der Waals surface area contributed by atoms with Gasteiger partial charge in [0.2, 0.25) is 0 Å². The first-order valence-corrected chi connectivity index (χ1v) is 4.92. The van der Waals surface area contributed by atoms with Crippen LogP contribution in [0.5, 0.6) is 5.75 Å². The fraction of sp³-hybridized carbons (Fsp3) is 0.273. The molecule has 0 aliphatic rings. The molecule has 1 aromatic carbocycles. The molecule has 0 bridgehead atoms. The summed E-state index contributed by atoms with van der Waals surface area (Å²) in [5.41, 5.74) is -0.393. The SMILES string of the molecule is CCOc1cc(C(C)=O)c([N+](=O)[O-])cc1C=O. The second-order valence-electron chi connectivity index (χ2n) is 3.27. The van der Waals surface area contributed by atoms with E-state index in [0.29, 0.717) is 12.9 Å². The van der Waals surface area contributed by atoms with Crippen LogP contribution < -0.4 is 4.74 Å². The van der Waals surface area contributed by atoms with Crippen molar-refractivity contribution in [3.63, 3.8) is 0 Å².